The highest BCUT2D eigenvalue weighted by Crippen LogP contribution is 2.33. The Bertz CT molecular complexity index is 2180. The zero-order valence-corrected chi connectivity index (χ0v) is 59.3. The zero-order chi connectivity index (χ0) is 70.4. The van der Waals surface area contributed by atoms with Crippen molar-refractivity contribution in [3.05, 3.63) is 109 Å². The number of nitrogens with one attached hydrogen (secondary N) is 1. The molecule has 3 saturated heterocycles. The van der Waals surface area contributed by atoms with Crippen molar-refractivity contribution in [2.75, 3.05) is 26.4 Å². The van der Waals surface area contributed by atoms with Gasteiger partial charge in [0.15, 0.2) is 18.9 Å². The van der Waals surface area contributed by atoms with Crippen LogP contribution in [0.2, 0.25) is 0 Å². The minimum atomic E-state index is -1.98. The van der Waals surface area contributed by atoms with Gasteiger partial charge >= 0.3 is 0 Å². The molecule has 3 heterocycles. The molecule has 97 heavy (non-hydrogen) atoms. The Morgan fingerprint density at radius 3 is 1.11 bits per heavy atom. The van der Waals surface area contributed by atoms with E-state index in [4.69, 9.17) is 28.4 Å². The van der Waals surface area contributed by atoms with E-state index in [9.17, 15) is 61.0 Å². The molecule has 17 unspecified atom stereocenters. The molecule has 0 saturated carbocycles. The van der Waals surface area contributed by atoms with Gasteiger partial charge in [0.25, 0.3) is 0 Å². The molecule has 0 bridgehead atoms. The Balaban J connectivity index is 1.40. The SMILES string of the molecule is CC/C=C\C/C=C\C/C=C\C/C=C\C/C=C\C/C=C\C/C=C\C/C=C\CCCCCCCCCCC(=O)NC(COC1OC(CO)C(OC2OC(CO)C(OC3OC(CO)C(O)C(O)C3O)C(O)C2O)C(O)C1O)C(O)/C=C/CCCCCCCCCCCCCCCCCCC. The molecule has 3 aliphatic heterocycles. The number of carbonyl (C=O) groups excluding carboxylic acids is 1. The van der Waals surface area contributed by atoms with Crippen LogP contribution in [0.1, 0.15) is 245 Å². The van der Waals surface area contributed by atoms with E-state index in [-0.39, 0.29) is 18.9 Å². The molecule has 0 aromatic carbocycles. The molecule has 558 valence electrons. The van der Waals surface area contributed by atoms with E-state index in [0.29, 0.717) is 6.42 Å². The number of amides is 1. The third kappa shape index (κ3) is 38.9. The fraction of sp³-hybridized carbons (Fsp3) is 0.756. The number of hydrogen-bond donors (Lipinski definition) is 12. The van der Waals surface area contributed by atoms with Gasteiger partial charge in [0.05, 0.1) is 38.6 Å². The number of unbranched alkanes of at least 4 members (excludes halogenated alkanes) is 25. The van der Waals surface area contributed by atoms with Gasteiger partial charge in [-0.25, -0.2) is 0 Å². The van der Waals surface area contributed by atoms with E-state index >= 15 is 0 Å². The van der Waals surface area contributed by atoms with E-state index in [2.05, 4.69) is 116 Å². The summed E-state index contributed by atoms with van der Waals surface area (Å²) in [6.45, 7) is 1.62. The number of aliphatic hydroxyl groups is 11. The minimum Gasteiger partial charge on any atom is -0.394 e. The normalized spacial score (nSPS) is 27.5. The van der Waals surface area contributed by atoms with Crippen LogP contribution in [0.3, 0.4) is 0 Å². The lowest BCUT2D eigenvalue weighted by Crippen LogP contribution is -2.66. The molecule has 12 N–H and O–H groups in total. The molecule has 0 radical (unpaired) electrons. The molecular formula is C78H133NO18. The van der Waals surface area contributed by atoms with E-state index in [1.165, 1.54) is 103 Å². The van der Waals surface area contributed by atoms with Gasteiger partial charge in [0, 0.05) is 6.42 Å². The Kier molecular flexibility index (Phi) is 52.4. The van der Waals surface area contributed by atoms with Crippen LogP contribution in [-0.2, 0) is 33.2 Å². The molecule has 0 aromatic heterocycles. The summed E-state index contributed by atoms with van der Waals surface area (Å²) in [5.41, 5.74) is 0. The number of aliphatic hydroxyl groups excluding tert-OH is 11. The predicted octanol–water partition coefficient (Wildman–Crippen LogP) is 11.4. The Morgan fingerprint density at radius 1 is 0.381 bits per heavy atom. The Hall–Kier alpha value is -3.55. The van der Waals surface area contributed by atoms with Crippen LogP contribution in [0, 0.1) is 0 Å². The van der Waals surface area contributed by atoms with Crippen molar-refractivity contribution in [1.82, 2.24) is 5.32 Å². The van der Waals surface area contributed by atoms with Gasteiger partial charge in [-0.3, -0.25) is 4.79 Å². The van der Waals surface area contributed by atoms with Crippen molar-refractivity contribution in [3.8, 4) is 0 Å². The van der Waals surface area contributed by atoms with Crippen LogP contribution < -0.4 is 5.32 Å². The van der Waals surface area contributed by atoms with Gasteiger partial charge in [0.2, 0.25) is 5.91 Å². The van der Waals surface area contributed by atoms with Gasteiger partial charge in [-0.15, -0.1) is 0 Å². The first-order valence-electron chi connectivity index (χ1n) is 37.6. The minimum absolute atomic E-state index is 0.227. The van der Waals surface area contributed by atoms with E-state index < -0.39 is 124 Å². The second kappa shape index (κ2) is 58.0. The van der Waals surface area contributed by atoms with Crippen molar-refractivity contribution in [3.63, 3.8) is 0 Å². The lowest BCUT2D eigenvalue weighted by atomic mass is 9.96. The van der Waals surface area contributed by atoms with Crippen molar-refractivity contribution >= 4 is 5.91 Å². The van der Waals surface area contributed by atoms with Gasteiger partial charge in [-0.05, 0) is 83.5 Å². The summed E-state index contributed by atoms with van der Waals surface area (Å²) in [7, 11) is 0. The quantitative estimate of drug-likeness (QED) is 0.0199. The predicted molar refractivity (Wildman–Crippen MR) is 383 cm³/mol. The first-order chi connectivity index (χ1) is 47.3. The number of hydrogen-bond acceptors (Lipinski definition) is 18. The van der Waals surface area contributed by atoms with Crippen LogP contribution in [-0.4, -0.2) is 193 Å². The molecule has 3 aliphatic rings. The van der Waals surface area contributed by atoms with Crippen LogP contribution in [0.25, 0.3) is 0 Å². The Labute approximate surface area is 583 Å². The molecule has 19 nitrogen and oxygen atoms in total. The molecule has 17 atom stereocenters. The maximum atomic E-state index is 13.4. The molecule has 0 spiro atoms. The van der Waals surface area contributed by atoms with Crippen molar-refractivity contribution in [2.24, 2.45) is 0 Å². The Morgan fingerprint density at radius 2 is 0.711 bits per heavy atom. The van der Waals surface area contributed by atoms with Crippen molar-refractivity contribution in [1.29, 1.82) is 0 Å². The molecule has 19 heteroatoms. The first kappa shape index (κ1) is 87.7. The number of carbonyl (C=O) groups is 1. The molecule has 0 aliphatic carbocycles. The standard InChI is InChI=1S/C78H133NO18/c1-3-5-7-9-11-13-15-17-19-21-23-24-25-26-27-28-29-30-31-32-33-34-35-36-38-40-42-44-46-48-50-52-54-56-66(84)79-61(62(83)55-53-51-49-47-45-43-41-39-37-22-20-18-16-14-12-10-8-6-4-2)60-92-76-72(90)69(87)74(64(58-81)94-76)97-78-73(91)70(88)75(65(59-82)95-78)96-77-71(89)68(86)67(85)63(57-80)93-77/h5,7,11,13,17,19,23-24,26-27,29-30,32-33,35-36,53,55,61-65,67-78,80-83,85-91H,3-4,6,8-10,12,14-16,18,20-22,25,28,31,34,37-52,54,56-60H2,1-2H3,(H,79,84)/b7-5-,13-11-,19-17-,24-23-,27-26-,30-29-,33-32-,36-35-,55-53+. The zero-order valence-electron chi connectivity index (χ0n) is 59.3. The molecule has 3 fully saturated rings. The van der Waals surface area contributed by atoms with Gasteiger partial charge in [-0.1, -0.05) is 264 Å². The summed E-state index contributed by atoms with van der Waals surface area (Å²) < 4.78 is 34.4. The summed E-state index contributed by atoms with van der Waals surface area (Å²) in [4.78, 5) is 13.4. The molecule has 1 amide bonds. The fourth-order valence-corrected chi connectivity index (χ4v) is 12.0. The van der Waals surface area contributed by atoms with Crippen molar-refractivity contribution < 1.29 is 89.4 Å². The fourth-order valence-electron chi connectivity index (χ4n) is 12.0. The largest absolute Gasteiger partial charge is 0.394 e. The smallest absolute Gasteiger partial charge is 0.220 e. The number of allylic oxidation sites excluding steroid dienone is 17. The van der Waals surface area contributed by atoms with Gasteiger partial charge < -0.3 is 89.9 Å². The number of rotatable bonds is 57. The van der Waals surface area contributed by atoms with Crippen LogP contribution in [0.15, 0.2) is 109 Å². The van der Waals surface area contributed by atoms with E-state index in [0.717, 1.165) is 116 Å². The maximum Gasteiger partial charge on any atom is 0.220 e. The topological polar surface area (TPSA) is 307 Å². The third-order valence-electron chi connectivity index (χ3n) is 18.1. The molecule has 0 aromatic rings. The second-order valence-electron chi connectivity index (χ2n) is 26.4. The first-order valence-corrected chi connectivity index (χ1v) is 37.6. The molecule has 3 rings (SSSR count). The highest BCUT2D eigenvalue weighted by molar-refractivity contribution is 5.76. The lowest BCUT2D eigenvalue weighted by molar-refractivity contribution is -0.379. The third-order valence-corrected chi connectivity index (χ3v) is 18.1. The van der Waals surface area contributed by atoms with Gasteiger partial charge in [0.1, 0.15) is 73.2 Å². The van der Waals surface area contributed by atoms with E-state index in [1.807, 2.05) is 6.08 Å². The highest BCUT2D eigenvalue weighted by Gasteiger charge is 2.53. The summed E-state index contributed by atoms with van der Waals surface area (Å²) in [6, 6.07) is -0.986. The van der Waals surface area contributed by atoms with Crippen molar-refractivity contribution in [2.45, 2.75) is 349 Å². The monoisotopic (exact) mass is 1370 g/mol. The second-order valence-corrected chi connectivity index (χ2v) is 26.4. The molecular weight excluding hydrogens is 1240 g/mol. The summed E-state index contributed by atoms with van der Waals surface area (Å²) >= 11 is 0. The maximum absolute atomic E-state index is 13.4. The highest BCUT2D eigenvalue weighted by atomic mass is 16.8. The van der Waals surface area contributed by atoms with Crippen LogP contribution in [0.5, 0.6) is 0 Å². The van der Waals surface area contributed by atoms with Crippen LogP contribution in [0.4, 0.5) is 0 Å². The lowest BCUT2D eigenvalue weighted by Gasteiger charge is -2.48. The average Bonchev–Trinajstić information content (AvgIpc) is 0.845. The average molecular weight is 1370 g/mol. The summed E-state index contributed by atoms with van der Waals surface area (Å²) in [5, 5.41) is 121. The number of ether oxygens (including phenoxy) is 6. The van der Waals surface area contributed by atoms with Crippen LogP contribution >= 0.6 is 0 Å². The van der Waals surface area contributed by atoms with Gasteiger partial charge in [-0.2, -0.15) is 0 Å². The summed E-state index contributed by atoms with van der Waals surface area (Å²) in [6.07, 6.45) is 51.9. The summed E-state index contributed by atoms with van der Waals surface area (Å²) in [5.74, 6) is -0.287. The van der Waals surface area contributed by atoms with E-state index in [1.54, 1.807) is 6.08 Å².